The number of carbonyl (C=O) groups is 2. The Morgan fingerprint density at radius 3 is 2.71 bits per heavy atom. The normalized spacial score (nSPS) is 20.0. The highest BCUT2D eigenvalue weighted by Gasteiger charge is 2.42. The van der Waals surface area contributed by atoms with Gasteiger partial charge in [-0.25, -0.2) is 0 Å². The summed E-state index contributed by atoms with van der Waals surface area (Å²) in [6, 6.07) is 12.5. The average molecular weight is 435 g/mol. The Bertz CT molecular complexity index is 1100. The number of nitrogens with one attached hydrogen (secondary N) is 1. The Balaban J connectivity index is 1.42. The fourth-order valence-electron chi connectivity index (χ4n) is 4.21. The highest BCUT2D eigenvalue weighted by atomic mass is 32.2. The maximum atomic E-state index is 13.4. The van der Waals surface area contributed by atoms with Crippen LogP contribution in [0.3, 0.4) is 0 Å². The van der Waals surface area contributed by atoms with Gasteiger partial charge >= 0.3 is 0 Å². The van der Waals surface area contributed by atoms with E-state index in [1.165, 1.54) is 0 Å². The molecule has 1 atom stereocenters. The molecule has 2 heterocycles. The van der Waals surface area contributed by atoms with Crippen LogP contribution in [0.4, 0.5) is 5.69 Å². The van der Waals surface area contributed by atoms with E-state index in [0.29, 0.717) is 29.1 Å². The van der Waals surface area contributed by atoms with Crippen LogP contribution in [-0.4, -0.2) is 54.8 Å². The molecule has 0 aromatic heterocycles. The highest BCUT2D eigenvalue weighted by molar-refractivity contribution is 7.99. The molecule has 1 aliphatic carbocycles. The molecule has 1 fully saturated rings. The van der Waals surface area contributed by atoms with E-state index in [9.17, 15) is 9.59 Å². The summed E-state index contributed by atoms with van der Waals surface area (Å²) in [6.07, 6.45) is 0. The van der Waals surface area contributed by atoms with Gasteiger partial charge in [-0.15, -0.1) is 0 Å². The fraction of sp³-hybridized carbons (Fsp3) is 0.304. The zero-order chi connectivity index (χ0) is 21.4. The molecule has 0 radical (unpaired) electrons. The predicted molar refractivity (Wildman–Crippen MR) is 121 cm³/mol. The third-order valence-electron chi connectivity index (χ3n) is 5.77. The third kappa shape index (κ3) is 3.66. The SMILES string of the molecule is COc1ccc(C2=C3C(=O)c4c(NC(=O)CN5CCSCC5)cccc4C3N=N2)cc1. The van der Waals surface area contributed by atoms with Gasteiger partial charge < -0.3 is 10.1 Å². The lowest BCUT2D eigenvalue weighted by Crippen LogP contribution is -2.38. The molecule has 158 valence electrons. The van der Waals surface area contributed by atoms with E-state index in [1.807, 2.05) is 48.2 Å². The van der Waals surface area contributed by atoms with Gasteiger partial charge in [0.2, 0.25) is 5.91 Å². The van der Waals surface area contributed by atoms with Gasteiger partial charge in [0.15, 0.2) is 5.78 Å². The van der Waals surface area contributed by atoms with Crippen LogP contribution in [0.25, 0.3) is 5.70 Å². The van der Waals surface area contributed by atoms with E-state index in [2.05, 4.69) is 20.4 Å². The minimum Gasteiger partial charge on any atom is -0.497 e. The average Bonchev–Trinajstić information content (AvgIpc) is 3.35. The summed E-state index contributed by atoms with van der Waals surface area (Å²) in [7, 11) is 1.61. The van der Waals surface area contributed by atoms with Crippen molar-refractivity contribution in [1.82, 2.24) is 4.90 Å². The lowest BCUT2D eigenvalue weighted by molar-refractivity contribution is -0.117. The first-order chi connectivity index (χ1) is 15.2. The molecule has 7 nitrogen and oxygen atoms in total. The van der Waals surface area contributed by atoms with E-state index < -0.39 is 6.04 Å². The van der Waals surface area contributed by atoms with Gasteiger partial charge in [-0.3, -0.25) is 14.5 Å². The first-order valence-corrected chi connectivity index (χ1v) is 11.4. The summed E-state index contributed by atoms with van der Waals surface area (Å²) >= 11 is 1.91. The molecule has 1 N–H and O–H groups in total. The van der Waals surface area contributed by atoms with Crippen molar-refractivity contribution >= 4 is 34.8 Å². The monoisotopic (exact) mass is 434 g/mol. The van der Waals surface area contributed by atoms with E-state index in [0.717, 1.165) is 41.5 Å². The molecule has 2 aliphatic heterocycles. The van der Waals surface area contributed by atoms with Gasteiger partial charge in [0.1, 0.15) is 17.5 Å². The number of methoxy groups -OCH3 is 1. The van der Waals surface area contributed by atoms with Crippen molar-refractivity contribution in [2.45, 2.75) is 6.04 Å². The van der Waals surface area contributed by atoms with Crippen LogP contribution < -0.4 is 10.1 Å². The molecule has 2 aromatic carbocycles. The molecule has 1 amide bonds. The predicted octanol–water partition coefficient (Wildman–Crippen LogP) is 3.80. The zero-order valence-electron chi connectivity index (χ0n) is 17.1. The van der Waals surface area contributed by atoms with Crippen molar-refractivity contribution < 1.29 is 14.3 Å². The molecule has 2 aromatic rings. The summed E-state index contributed by atoms with van der Waals surface area (Å²) in [5.74, 6) is 2.60. The van der Waals surface area contributed by atoms with Crippen LogP contribution in [0.5, 0.6) is 5.75 Å². The highest BCUT2D eigenvalue weighted by Crippen LogP contribution is 2.49. The molecule has 0 saturated carbocycles. The number of anilines is 1. The third-order valence-corrected chi connectivity index (χ3v) is 6.72. The maximum absolute atomic E-state index is 13.4. The van der Waals surface area contributed by atoms with Crippen LogP contribution in [-0.2, 0) is 4.79 Å². The molecule has 5 rings (SSSR count). The van der Waals surface area contributed by atoms with E-state index >= 15 is 0 Å². The summed E-state index contributed by atoms with van der Waals surface area (Å²) < 4.78 is 5.22. The summed E-state index contributed by atoms with van der Waals surface area (Å²) in [4.78, 5) is 28.2. The smallest absolute Gasteiger partial charge is 0.238 e. The summed E-state index contributed by atoms with van der Waals surface area (Å²) in [6.45, 7) is 2.15. The first-order valence-electron chi connectivity index (χ1n) is 10.2. The van der Waals surface area contributed by atoms with Crippen LogP contribution in [0.2, 0.25) is 0 Å². The Kier molecular flexibility index (Phi) is 5.33. The molecule has 0 spiro atoms. The summed E-state index contributed by atoms with van der Waals surface area (Å²) in [5, 5.41) is 11.6. The largest absolute Gasteiger partial charge is 0.497 e. The number of Topliss-reactive ketones (excluding diaryl/α,β-unsaturated/α-hetero) is 1. The second-order valence-electron chi connectivity index (χ2n) is 7.64. The van der Waals surface area contributed by atoms with Crippen LogP contribution >= 0.6 is 11.8 Å². The lowest BCUT2D eigenvalue weighted by Gasteiger charge is -2.25. The molecular weight excluding hydrogens is 412 g/mol. The lowest BCUT2D eigenvalue weighted by atomic mass is 10.0. The number of ketones is 1. The second kappa shape index (κ2) is 8.28. The van der Waals surface area contributed by atoms with Crippen molar-refractivity contribution in [3.63, 3.8) is 0 Å². The Morgan fingerprint density at radius 2 is 1.97 bits per heavy atom. The van der Waals surface area contributed by atoms with Gasteiger partial charge in [0.05, 0.1) is 30.5 Å². The molecule has 1 saturated heterocycles. The molecule has 3 aliphatic rings. The number of carbonyl (C=O) groups excluding carboxylic acids is 2. The quantitative estimate of drug-likeness (QED) is 0.774. The van der Waals surface area contributed by atoms with Gasteiger partial charge in [-0.1, -0.05) is 12.1 Å². The fourth-order valence-corrected chi connectivity index (χ4v) is 5.19. The van der Waals surface area contributed by atoms with Crippen molar-refractivity contribution in [2.24, 2.45) is 10.2 Å². The first kappa shape index (κ1) is 20.0. The number of amides is 1. The second-order valence-corrected chi connectivity index (χ2v) is 8.87. The number of hydrogen-bond donors (Lipinski definition) is 1. The van der Waals surface area contributed by atoms with Gasteiger partial charge in [-0.2, -0.15) is 22.0 Å². The number of fused-ring (bicyclic) bond motifs is 3. The number of ether oxygens (including phenoxy) is 1. The Morgan fingerprint density at radius 1 is 1.19 bits per heavy atom. The van der Waals surface area contributed by atoms with Gasteiger partial charge in [-0.05, 0) is 35.9 Å². The Hall–Kier alpha value is -2.97. The molecular formula is C23H22N4O3S. The molecule has 31 heavy (non-hydrogen) atoms. The number of benzene rings is 2. The molecule has 8 heteroatoms. The number of azo groups is 1. The van der Waals surface area contributed by atoms with Crippen LogP contribution in [0, 0.1) is 0 Å². The number of rotatable bonds is 5. The van der Waals surface area contributed by atoms with Crippen molar-refractivity contribution in [3.05, 3.63) is 64.7 Å². The maximum Gasteiger partial charge on any atom is 0.238 e. The van der Waals surface area contributed by atoms with Crippen LogP contribution in [0.15, 0.2) is 58.3 Å². The zero-order valence-corrected chi connectivity index (χ0v) is 17.9. The minimum atomic E-state index is -0.421. The molecule has 1 unspecified atom stereocenters. The van der Waals surface area contributed by atoms with Crippen molar-refractivity contribution in [3.8, 4) is 5.75 Å². The van der Waals surface area contributed by atoms with E-state index in [4.69, 9.17) is 4.74 Å². The van der Waals surface area contributed by atoms with Crippen molar-refractivity contribution in [1.29, 1.82) is 0 Å². The Labute approximate surface area is 184 Å². The minimum absolute atomic E-state index is 0.101. The standard InChI is InChI=1S/C23H22N4O3S/c1-30-15-7-5-14(6-8-15)21-20-22(26-25-21)16-3-2-4-17(19(16)23(20)29)24-18(28)13-27-9-11-31-12-10-27/h2-8,22H,9-13H2,1H3,(H,24,28). The van der Waals surface area contributed by atoms with E-state index in [-0.39, 0.29) is 11.7 Å². The van der Waals surface area contributed by atoms with Crippen molar-refractivity contribution in [2.75, 3.05) is 43.6 Å². The number of nitrogens with zero attached hydrogens (tertiary/aromatic N) is 3. The number of thioether (sulfide) groups is 1. The van der Waals surface area contributed by atoms with Crippen LogP contribution in [0.1, 0.15) is 27.5 Å². The van der Waals surface area contributed by atoms with Gasteiger partial charge in [0, 0.05) is 30.2 Å². The van der Waals surface area contributed by atoms with E-state index in [1.54, 1.807) is 13.2 Å². The topological polar surface area (TPSA) is 83.4 Å². The number of hydrogen-bond acceptors (Lipinski definition) is 7. The molecule has 0 bridgehead atoms. The van der Waals surface area contributed by atoms with Gasteiger partial charge in [0.25, 0.3) is 0 Å². The summed E-state index contributed by atoms with van der Waals surface area (Å²) in [5.41, 5.74) is 3.82.